The second-order valence-electron chi connectivity index (χ2n) is 8.98. The molecule has 2 heterocycles. The first-order valence-corrected chi connectivity index (χ1v) is 14.9. The number of benzene rings is 2. The molecule has 0 radical (unpaired) electrons. The van der Waals surface area contributed by atoms with Gasteiger partial charge in [0.1, 0.15) is 6.54 Å². The highest BCUT2D eigenvalue weighted by Crippen LogP contribution is 2.23. The number of sulfonamides is 1. The Balaban J connectivity index is 1.36. The molecule has 1 aliphatic heterocycles. The van der Waals surface area contributed by atoms with E-state index in [2.05, 4.69) is 10.0 Å². The van der Waals surface area contributed by atoms with E-state index in [0.717, 1.165) is 21.9 Å². The number of ether oxygens (including phenoxy) is 1. The van der Waals surface area contributed by atoms with Gasteiger partial charge in [-0.3, -0.25) is 33.6 Å². The molecule has 1 unspecified atom stereocenters. The summed E-state index contributed by atoms with van der Waals surface area (Å²) in [6.07, 6.45) is 0.968. The summed E-state index contributed by atoms with van der Waals surface area (Å²) in [6, 6.07) is 12.6. The van der Waals surface area contributed by atoms with Gasteiger partial charge in [0.15, 0.2) is 0 Å². The largest absolute Gasteiger partial charge is 0.465 e. The third-order valence-electron chi connectivity index (χ3n) is 6.25. The molecule has 2 aromatic carbocycles. The second kappa shape index (κ2) is 12.6. The van der Waals surface area contributed by atoms with Crippen molar-refractivity contribution in [1.82, 2.24) is 19.2 Å². The molecule has 0 bridgehead atoms. The number of rotatable bonds is 12. The fraction of sp³-hybridized carbons (Fsp3) is 0.346. The van der Waals surface area contributed by atoms with Gasteiger partial charge < -0.3 is 4.74 Å². The van der Waals surface area contributed by atoms with Crippen molar-refractivity contribution in [3.8, 4) is 0 Å². The van der Waals surface area contributed by atoms with Gasteiger partial charge in [-0.2, -0.15) is 0 Å². The first kappa shape index (κ1) is 29.2. The van der Waals surface area contributed by atoms with Gasteiger partial charge in [-0.25, -0.2) is 17.9 Å². The summed E-state index contributed by atoms with van der Waals surface area (Å²) in [6.45, 7) is 1.59. The van der Waals surface area contributed by atoms with E-state index in [1.165, 1.54) is 16.7 Å². The van der Waals surface area contributed by atoms with Gasteiger partial charge >= 0.3 is 11.7 Å². The summed E-state index contributed by atoms with van der Waals surface area (Å²) in [4.78, 5) is 61.2. The number of para-hydroxylation sites is 1. The SMILES string of the molecule is CCOC(=O)Cn1c(=O)n(CCCCNS(=O)(=O)c2ccc(CC3SC(=O)NC3=O)cc2)c(=O)c2ccccc21. The number of unbranched alkanes of at least 4 members (excludes halogenated alkanes) is 1. The molecular formula is C26H28N4O8S2. The van der Waals surface area contributed by atoms with Gasteiger partial charge in [0.2, 0.25) is 15.9 Å². The first-order chi connectivity index (χ1) is 19.1. The summed E-state index contributed by atoms with van der Waals surface area (Å²) >= 11 is 0.907. The fourth-order valence-corrected chi connectivity index (χ4v) is 6.22. The van der Waals surface area contributed by atoms with Crippen molar-refractivity contribution >= 4 is 49.8 Å². The van der Waals surface area contributed by atoms with Crippen LogP contribution in [0.1, 0.15) is 25.3 Å². The molecule has 1 atom stereocenters. The van der Waals surface area contributed by atoms with Gasteiger partial charge in [0.05, 0.1) is 27.7 Å². The van der Waals surface area contributed by atoms with Crippen molar-refractivity contribution in [2.75, 3.05) is 13.2 Å². The molecule has 4 rings (SSSR count). The Morgan fingerprint density at radius 1 is 1.02 bits per heavy atom. The Kier molecular flexibility index (Phi) is 9.22. The number of nitrogens with one attached hydrogen (secondary N) is 2. The van der Waals surface area contributed by atoms with Crippen LogP contribution in [0.2, 0.25) is 0 Å². The zero-order valence-corrected chi connectivity index (χ0v) is 23.3. The van der Waals surface area contributed by atoms with Gasteiger partial charge in [-0.1, -0.05) is 36.0 Å². The molecule has 0 saturated carbocycles. The van der Waals surface area contributed by atoms with Crippen LogP contribution < -0.4 is 21.3 Å². The van der Waals surface area contributed by atoms with Crippen LogP contribution in [0, 0.1) is 0 Å². The van der Waals surface area contributed by atoms with E-state index in [4.69, 9.17) is 4.74 Å². The Morgan fingerprint density at radius 3 is 2.42 bits per heavy atom. The van der Waals surface area contributed by atoms with Crippen molar-refractivity contribution < 1.29 is 27.5 Å². The van der Waals surface area contributed by atoms with Crippen molar-refractivity contribution in [2.24, 2.45) is 0 Å². The predicted molar refractivity (Wildman–Crippen MR) is 149 cm³/mol. The highest BCUT2D eigenvalue weighted by Gasteiger charge is 2.31. The average Bonchev–Trinajstić information content (AvgIpc) is 3.24. The monoisotopic (exact) mass is 588 g/mol. The second-order valence-corrected chi connectivity index (χ2v) is 11.9. The van der Waals surface area contributed by atoms with Crippen molar-refractivity contribution in [1.29, 1.82) is 0 Å². The normalized spacial score (nSPS) is 15.4. The summed E-state index contributed by atoms with van der Waals surface area (Å²) < 4.78 is 35.1. The number of hydrogen-bond acceptors (Lipinski definition) is 9. The third-order valence-corrected chi connectivity index (χ3v) is 8.71. The zero-order chi connectivity index (χ0) is 28.9. The maximum Gasteiger partial charge on any atom is 0.332 e. The summed E-state index contributed by atoms with van der Waals surface area (Å²) in [5.41, 5.74) is -0.0791. The number of imide groups is 1. The number of nitrogens with zero attached hydrogens (tertiary/aromatic N) is 2. The van der Waals surface area contributed by atoms with E-state index in [0.29, 0.717) is 24.8 Å². The number of thioether (sulfide) groups is 1. The summed E-state index contributed by atoms with van der Waals surface area (Å²) in [7, 11) is -3.81. The van der Waals surface area contributed by atoms with Crippen LogP contribution in [-0.2, 0) is 43.9 Å². The molecule has 1 aliphatic rings. The highest BCUT2D eigenvalue weighted by molar-refractivity contribution is 8.15. The molecule has 1 saturated heterocycles. The van der Waals surface area contributed by atoms with Crippen molar-refractivity contribution in [3.63, 3.8) is 0 Å². The number of hydrogen-bond donors (Lipinski definition) is 2. The van der Waals surface area contributed by atoms with Crippen LogP contribution in [-0.4, -0.2) is 53.1 Å². The molecule has 212 valence electrons. The Hall–Kier alpha value is -3.75. The molecule has 0 spiro atoms. The predicted octanol–water partition coefficient (Wildman–Crippen LogP) is 1.38. The van der Waals surface area contributed by atoms with E-state index in [1.54, 1.807) is 43.3 Å². The minimum absolute atomic E-state index is 0.0387. The van der Waals surface area contributed by atoms with Gasteiger partial charge in [-0.15, -0.1) is 0 Å². The zero-order valence-electron chi connectivity index (χ0n) is 21.6. The van der Waals surface area contributed by atoms with Gasteiger partial charge in [-0.05, 0) is 56.0 Å². The number of fused-ring (bicyclic) bond motifs is 1. The number of carbonyl (C=O) groups excluding carboxylic acids is 3. The van der Waals surface area contributed by atoms with Crippen molar-refractivity contribution in [3.05, 3.63) is 74.9 Å². The van der Waals surface area contributed by atoms with Crippen LogP contribution in [0.15, 0.2) is 63.0 Å². The topological polar surface area (TPSA) is 163 Å². The number of carbonyl (C=O) groups is 3. The van der Waals surface area contributed by atoms with Crippen LogP contribution in [0.5, 0.6) is 0 Å². The van der Waals surface area contributed by atoms with E-state index in [1.807, 2.05) is 0 Å². The smallest absolute Gasteiger partial charge is 0.332 e. The summed E-state index contributed by atoms with van der Waals surface area (Å²) in [5, 5.41) is 1.56. The molecule has 1 fully saturated rings. The van der Waals surface area contributed by atoms with Gasteiger partial charge in [0, 0.05) is 13.1 Å². The molecule has 2 N–H and O–H groups in total. The lowest BCUT2D eigenvalue weighted by Gasteiger charge is -2.14. The molecule has 3 aromatic rings. The van der Waals surface area contributed by atoms with Crippen LogP contribution >= 0.6 is 11.8 Å². The van der Waals surface area contributed by atoms with Gasteiger partial charge in [0.25, 0.3) is 10.8 Å². The maximum atomic E-state index is 13.1. The molecule has 14 heteroatoms. The first-order valence-electron chi connectivity index (χ1n) is 12.6. The number of aromatic nitrogens is 2. The molecule has 12 nitrogen and oxygen atoms in total. The number of esters is 1. The quantitative estimate of drug-likeness (QED) is 0.235. The molecule has 0 aliphatic carbocycles. The molecule has 2 amide bonds. The minimum Gasteiger partial charge on any atom is -0.465 e. The molecule has 40 heavy (non-hydrogen) atoms. The fourth-order valence-electron chi connectivity index (χ4n) is 4.29. The molecular weight excluding hydrogens is 560 g/mol. The van der Waals surface area contributed by atoms with E-state index < -0.39 is 37.7 Å². The minimum atomic E-state index is -3.81. The average molecular weight is 589 g/mol. The lowest BCUT2D eigenvalue weighted by Crippen LogP contribution is -2.41. The van der Waals surface area contributed by atoms with Crippen LogP contribution in [0.3, 0.4) is 0 Å². The molecule has 1 aromatic heterocycles. The standard InChI is InChI=1S/C26H28N4O8S2/c1-2-38-22(31)16-30-20-8-4-3-7-19(20)24(33)29(26(30)35)14-6-5-13-27-40(36,37)18-11-9-17(10-12-18)15-21-23(32)28-25(34)39-21/h3-4,7-12,21,27H,2,5-6,13-16H2,1H3,(H,28,32,34). The lowest BCUT2D eigenvalue weighted by molar-refractivity contribution is -0.143. The Labute approximate surface area is 233 Å². The summed E-state index contributed by atoms with van der Waals surface area (Å²) in [5.74, 6) is -0.961. The van der Waals surface area contributed by atoms with Crippen LogP contribution in [0.25, 0.3) is 10.9 Å². The Bertz CT molecular complexity index is 1660. The van der Waals surface area contributed by atoms with Crippen LogP contribution in [0.4, 0.5) is 4.79 Å². The number of amides is 2. The van der Waals surface area contributed by atoms with E-state index >= 15 is 0 Å². The third kappa shape index (κ3) is 6.69. The highest BCUT2D eigenvalue weighted by atomic mass is 32.2. The van der Waals surface area contributed by atoms with E-state index in [-0.39, 0.29) is 42.4 Å². The Morgan fingerprint density at radius 2 is 1.75 bits per heavy atom. The lowest BCUT2D eigenvalue weighted by atomic mass is 10.1. The maximum absolute atomic E-state index is 13.1. The van der Waals surface area contributed by atoms with Crippen molar-refractivity contribution in [2.45, 2.75) is 49.4 Å². The van der Waals surface area contributed by atoms with E-state index in [9.17, 15) is 32.4 Å².